The lowest BCUT2D eigenvalue weighted by Crippen LogP contribution is -2.23. The highest BCUT2D eigenvalue weighted by atomic mass is 16.5. The molecule has 4 heteroatoms. The number of benzene rings is 1. The van der Waals surface area contributed by atoms with Crippen LogP contribution in [0.5, 0.6) is 0 Å². The first-order valence-corrected chi connectivity index (χ1v) is 6.88. The van der Waals surface area contributed by atoms with Gasteiger partial charge in [0.25, 0.3) is 0 Å². The van der Waals surface area contributed by atoms with Crippen molar-refractivity contribution >= 4 is 5.69 Å². The van der Waals surface area contributed by atoms with E-state index in [-0.39, 0.29) is 0 Å². The predicted molar refractivity (Wildman–Crippen MR) is 77.5 cm³/mol. The van der Waals surface area contributed by atoms with Crippen molar-refractivity contribution in [3.63, 3.8) is 0 Å². The smallest absolute Gasteiger partial charge is 0.0718 e. The van der Waals surface area contributed by atoms with Gasteiger partial charge in [0.2, 0.25) is 0 Å². The molecule has 0 aromatic heterocycles. The molecule has 0 saturated carbocycles. The van der Waals surface area contributed by atoms with Crippen molar-refractivity contribution in [3.05, 3.63) is 29.8 Å². The predicted octanol–water partition coefficient (Wildman–Crippen LogP) is 1.97. The second-order valence-electron chi connectivity index (χ2n) is 5.14. The monoisotopic (exact) mass is 264 g/mol. The van der Waals surface area contributed by atoms with Crippen LogP contribution in [-0.4, -0.2) is 51.4 Å². The van der Waals surface area contributed by atoms with Gasteiger partial charge in [-0.1, -0.05) is 12.1 Å². The van der Waals surface area contributed by atoms with Crippen molar-refractivity contribution in [2.24, 2.45) is 0 Å². The summed E-state index contributed by atoms with van der Waals surface area (Å²) in [6, 6.07) is 9.03. The maximum Gasteiger partial charge on any atom is 0.0718 e. The van der Waals surface area contributed by atoms with Gasteiger partial charge >= 0.3 is 0 Å². The lowest BCUT2D eigenvalue weighted by Gasteiger charge is -2.15. The number of anilines is 1. The standard InChI is InChI=1S/C15H24N2O2/c1-17-7-6-15(11-17)16-14-5-3-4-13(10-14)12-19-9-8-18-2/h3-5,10,15-16H,6-9,11-12H2,1-2H3. The zero-order valence-electron chi connectivity index (χ0n) is 11.9. The summed E-state index contributed by atoms with van der Waals surface area (Å²) >= 11 is 0. The number of likely N-dealkylation sites (N-methyl/N-ethyl adjacent to an activating group) is 1. The van der Waals surface area contributed by atoms with Crippen LogP contribution in [0.1, 0.15) is 12.0 Å². The van der Waals surface area contributed by atoms with Crippen LogP contribution in [0.4, 0.5) is 5.69 Å². The lowest BCUT2D eigenvalue weighted by atomic mass is 10.2. The molecule has 1 aromatic rings. The topological polar surface area (TPSA) is 33.7 Å². The molecular weight excluding hydrogens is 240 g/mol. The Morgan fingerprint density at radius 1 is 1.37 bits per heavy atom. The summed E-state index contributed by atoms with van der Waals surface area (Å²) in [5.41, 5.74) is 2.39. The van der Waals surface area contributed by atoms with E-state index in [1.54, 1.807) is 7.11 Å². The Morgan fingerprint density at radius 3 is 3.00 bits per heavy atom. The first kappa shape index (κ1) is 14.3. The molecule has 19 heavy (non-hydrogen) atoms. The van der Waals surface area contributed by atoms with Gasteiger partial charge in [-0.3, -0.25) is 0 Å². The van der Waals surface area contributed by atoms with Crippen molar-refractivity contribution in [2.45, 2.75) is 19.1 Å². The second kappa shape index (κ2) is 7.48. The normalized spacial score (nSPS) is 19.8. The Balaban J connectivity index is 1.81. The number of nitrogens with one attached hydrogen (secondary N) is 1. The summed E-state index contributed by atoms with van der Waals surface area (Å²) < 4.78 is 10.5. The fourth-order valence-corrected chi connectivity index (χ4v) is 2.37. The molecule has 106 valence electrons. The van der Waals surface area contributed by atoms with E-state index >= 15 is 0 Å². The molecule has 0 aliphatic carbocycles. The van der Waals surface area contributed by atoms with Crippen LogP contribution in [0.15, 0.2) is 24.3 Å². The molecule has 1 aliphatic heterocycles. The van der Waals surface area contributed by atoms with E-state index in [2.05, 4.69) is 41.5 Å². The number of hydrogen-bond acceptors (Lipinski definition) is 4. The second-order valence-corrected chi connectivity index (χ2v) is 5.14. The van der Waals surface area contributed by atoms with E-state index in [1.807, 2.05) is 0 Å². The van der Waals surface area contributed by atoms with Crippen molar-refractivity contribution < 1.29 is 9.47 Å². The van der Waals surface area contributed by atoms with Crippen LogP contribution in [0, 0.1) is 0 Å². The summed E-state index contributed by atoms with van der Waals surface area (Å²) in [5.74, 6) is 0. The molecule has 1 unspecified atom stereocenters. The minimum absolute atomic E-state index is 0.564. The van der Waals surface area contributed by atoms with Crippen LogP contribution in [0.3, 0.4) is 0 Å². The first-order chi connectivity index (χ1) is 9.28. The Hall–Kier alpha value is -1.10. The largest absolute Gasteiger partial charge is 0.382 e. The van der Waals surface area contributed by atoms with Crippen molar-refractivity contribution in [1.82, 2.24) is 4.90 Å². The van der Waals surface area contributed by atoms with Gasteiger partial charge in [-0.25, -0.2) is 0 Å². The third-order valence-corrected chi connectivity index (χ3v) is 3.39. The van der Waals surface area contributed by atoms with Crippen molar-refractivity contribution in [2.75, 3.05) is 45.8 Å². The van der Waals surface area contributed by atoms with Crippen LogP contribution in [0.2, 0.25) is 0 Å². The van der Waals surface area contributed by atoms with Crippen LogP contribution in [0.25, 0.3) is 0 Å². The van der Waals surface area contributed by atoms with E-state index in [0.29, 0.717) is 25.9 Å². The number of likely N-dealkylation sites (tertiary alicyclic amines) is 1. The fraction of sp³-hybridized carbons (Fsp3) is 0.600. The lowest BCUT2D eigenvalue weighted by molar-refractivity contribution is 0.0617. The SMILES string of the molecule is COCCOCc1cccc(NC2CCN(C)C2)c1. The summed E-state index contributed by atoms with van der Waals surface area (Å²) in [6.07, 6.45) is 1.21. The Labute approximate surface area is 115 Å². The Kier molecular flexibility index (Phi) is 5.63. The van der Waals surface area contributed by atoms with Crippen molar-refractivity contribution in [1.29, 1.82) is 0 Å². The minimum Gasteiger partial charge on any atom is -0.382 e. The number of rotatable bonds is 7. The summed E-state index contributed by atoms with van der Waals surface area (Å²) in [4.78, 5) is 2.36. The van der Waals surface area contributed by atoms with Gasteiger partial charge in [0.15, 0.2) is 0 Å². The molecule has 4 nitrogen and oxygen atoms in total. The highest BCUT2D eigenvalue weighted by molar-refractivity contribution is 5.46. The van der Waals surface area contributed by atoms with E-state index in [0.717, 1.165) is 6.54 Å². The molecule has 1 N–H and O–H groups in total. The maximum absolute atomic E-state index is 5.54. The van der Waals surface area contributed by atoms with E-state index in [1.165, 1.54) is 24.2 Å². The quantitative estimate of drug-likeness (QED) is 0.763. The molecule has 1 heterocycles. The summed E-state index contributed by atoms with van der Waals surface area (Å²) in [7, 11) is 3.86. The number of nitrogens with zero attached hydrogens (tertiary/aromatic N) is 1. The fourth-order valence-electron chi connectivity index (χ4n) is 2.37. The molecule has 2 rings (SSSR count). The zero-order valence-corrected chi connectivity index (χ0v) is 11.9. The molecule has 1 aromatic carbocycles. The summed E-state index contributed by atoms with van der Waals surface area (Å²) in [6.45, 7) is 4.23. The molecular formula is C15H24N2O2. The molecule has 0 amide bonds. The van der Waals surface area contributed by atoms with Gasteiger partial charge in [0, 0.05) is 25.4 Å². The summed E-state index contributed by atoms with van der Waals surface area (Å²) in [5, 5.41) is 3.59. The van der Waals surface area contributed by atoms with Gasteiger partial charge in [0.1, 0.15) is 0 Å². The molecule has 0 bridgehead atoms. The Morgan fingerprint density at radius 2 is 2.26 bits per heavy atom. The van der Waals surface area contributed by atoms with Gasteiger partial charge in [0.05, 0.1) is 19.8 Å². The van der Waals surface area contributed by atoms with E-state index in [4.69, 9.17) is 9.47 Å². The number of ether oxygens (including phenoxy) is 2. The average Bonchev–Trinajstić information content (AvgIpc) is 2.81. The zero-order chi connectivity index (χ0) is 13.5. The van der Waals surface area contributed by atoms with E-state index in [9.17, 15) is 0 Å². The van der Waals surface area contributed by atoms with Gasteiger partial charge < -0.3 is 19.7 Å². The molecule has 0 spiro atoms. The van der Waals surface area contributed by atoms with Gasteiger partial charge in [-0.05, 0) is 37.7 Å². The maximum atomic E-state index is 5.54. The molecule has 0 radical (unpaired) electrons. The van der Waals surface area contributed by atoms with Crippen molar-refractivity contribution in [3.8, 4) is 0 Å². The minimum atomic E-state index is 0.564. The highest BCUT2D eigenvalue weighted by Crippen LogP contribution is 2.16. The third kappa shape index (κ3) is 4.82. The molecule has 1 aliphatic rings. The molecule has 1 saturated heterocycles. The first-order valence-electron chi connectivity index (χ1n) is 6.88. The highest BCUT2D eigenvalue weighted by Gasteiger charge is 2.18. The van der Waals surface area contributed by atoms with E-state index < -0.39 is 0 Å². The van der Waals surface area contributed by atoms with Crippen LogP contribution < -0.4 is 5.32 Å². The Bertz CT molecular complexity index is 384. The molecule has 1 atom stereocenters. The van der Waals surface area contributed by atoms with Crippen LogP contribution in [-0.2, 0) is 16.1 Å². The average molecular weight is 264 g/mol. The number of hydrogen-bond donors (Lipinski definition) is 1. The third-order valence-electron chi connectivity index (χ3n) is 3.39. The van der Waals surface area contributed by atoms with Gasteiger partial charge in [-0.2, -0.15) is 0 Å². The molecule has 1 fully saturated rings. The number of methoxy groups -OCH3 is 1. The van der Waals surface area contributed by atoms with Gasteiger partial charge in [-0.15, -0.1) is 0 Å². The van der Waals surface area contributed by atoms with Crippen LogP contribution >= 0.6 is 0 Å².